The smallest absolute Gasteiger partial charge is 0.158 e. The Hall–Kier alpha value is -0.340. The number of hydrogen-bond acceptors (Lipinski definition) is 2. The minimum absolute atomic E-state index is 0.0755. The molecule has 0 amide bonds. The summed E-state index contributed by atoms with van der Waals surface area (Å²) in [4.78, 5) is 0. The molecule has 0 N–H and O–H groups in total. The Morgan fingerprint density at radius 1 is 1.33 bits per heavy atom. The zero-order chi connectivity index (χ0) is 10.5. The molecule has 2 aliphatic rings. The van der Waals surface area contributed by atoms with E-state index >= 15 is 0 Å². The Bertz CT molecular complexity index is 213. The Balaban J connectivity index is 1.55. The van der Waals surface area contributed by atoms with Gasteiger partial charge in [0.25, 0.3) is 0 Å². The molecule has 0 radical (unpaired) electrons. The van der Waals surface area contributed by atoms with Crippen LogP contribution in [-0.4, -0.2) is 19.0 Å². The zero-order valence-corrected chi connectivity index (χ0v) is 9.65. The zero-order valence-electron chi connectivity index (χ0n) is 9.65. The average Bonchev–Trinajstić information content (AvgIpc) is 2.77. The van der Waals surface area contributed by atoms with Crippen LogP contribution in [0.4, 0.5) is 0 Å². The lowest BCUT2D eigenvalue weighted by molar-refractivity contribution is -0.133. The molecule has 15 heavy (non-hydrogen) atoms. The molecule has 2 nitrogen and oxygen atoms in total. The second-order valence-corrected chi connectivity index (χ2v) is 4.60. The minimum atomic E-state index is 0.0755. The molecule has 0 saturated carbocycles. The van der Waals surface area contributed by atoms with Gasteiger partial charge in [-0.15, -0.1) is 0 Å². The Morgan fingerprint density at radius 3 is 3.07 bits per heavy atom. The Morgan fingerprint density at radius 2 is 2.27 bits per heavy atom. The highest BCUT2D eigenvalue weighted by Gasteiger charge is 2.35. The van der Waals surface area contributed by atoms with Crippen LogP contribution in [0.1, 0.15) is 45.4 Å². The fourth-order valence-corrected chi connectivity index (χ4v) is 2.40. The van der Waals surface area contributed by atoms with E-state index in [1.807, 2.05) is 0 Å². The first-order valence-electron chi connectivity index (χ1n) is 6.34. The Kier molecular flexibility index (Phi) is 4.21. The van der Waals surface area contributed by atoms with Gasteiger partial charge in [0.2, 0.25) is 0 Å². The van der Waals surface area contributed by atoms with Crippen LogP contribution in [0.2, 0.25) is 0 Å². The lowest BCUT2D eigenvalue weighted by atomic mass is 10.1. The van der Waals surface area contributed by atoms with Crippen molar-refractivity contribution in [3.8, 4) is 0 Å². The number of fused-ring (bicyclic) bond motifs is 1. The number of rotatable bonds is 6. The molecule has 0 aromatic heterocycles. The maximum Gasteiger partial charge on any atom is 0.158 e. The molecule has 1 fully saturated rings. The molecule has 1 heterocycles. The first kappa shape index (κ1) is 11.2. The van der Waals surface area contributed by atoms with E-state index in [1.54, 1.807) is 0 Å². The third kappa shape index (κ3) is 3.05. The summed E-state index contributed by atoms with van der Waals surface area (Å²) in [7, 11) is 0. The number of ether oxygens (including phenoxy) is 2. The van der Waals surface area contributed by atoms with Crippen molar-refractivity contribution >= 4 is 0 Å². The standard InChI is InChI=1S/C13H22O2/c1-2-3-4-5-9-14-13-10-11-7-6-8-12(11)15-13/h6-7,11-13H,2-5,8-10H2,1H3/t11-,12-,13+/m1/s1. The molecule has 0 unspecified atom stereocenters. The van der Waals surface area contributed by atoms with Crippen LogP contribution in [0, 0.1) is 5.92 Å². The van der Waals surface area contributed by atoms with Crippen LogP contribution in [0.5, 0.6) is 0 Å². The fraction of sp³-hybridized carbons (Fsp3) is 0.846. The van der Waals surface area contributed by atoms with Crippen molar-refractivity contribution in [3.05, 3.63) is 12.2 Å². The maximum atomic E-state index is 5.81. The molecule has 1 aliphatic heterocycles. The van der Waals surface area contributed by atoms with E-state index in [0.717, 1.165) is 19.4 Å². The second kappa shape index (κ2) is 5.66. The summed E-state index contributed by atoms with van der Waals surface area (Å²) < 4.78 is 11.5. The van der Waals surface area contributed by atoms with Gasteiger partial charge in [-0.1, -0.05) is 38.3 Å². The molecular formula is C13H22O2. The third-order valence-corrected chi connectivity index (χ3v) is 3.32. The summed E-state index contributed by atoms with van der Waals surface area (Å²) in [5.74, 6) is 0.630. The normalized spacial score (nSPS) is 33.5. The van der Waals surface area contributed by atoms with Gasteiger partial charge in [0, 0.05) is 18.9 Å². The van der Waals surface area contributed by atoms with Crippen molar-refractivity contribution < 1.29 is 9.47 Å². The number of hydrogen-bond donors (Lipinski definition) is 0. The van der Waals surface area contributed by atoms with Crippen LogP contribution in [0.3, 0.4) is 0 Å². The van der Waals surface area contributed by atoms with E-state index < -0.39 is 0 Å². The van der Waals surface area contributed by atoms with Crippen molar-refractivity contribution in [2.45, 2.75) is 57.8 Å². The molecule has 1 aliphatic carbocycles. The largest absolute Gasteiger partial charge is 0.353 e. The van der Waals surface area contributed by atoms with E-state index in [-0.39, 0.29) is 6.29 Å². The van der Waals surface area contributed by atoms with Gasteiger partial charge in [0.1, 0.15) is 0 Å². The van der Waals surface area contributed by atoms with E-state index in [0.29, 0.717) is 12.0 Å². The summed E-state index contributed by atoms with van der Waals surface area (Å²) in [5.41, 5.74) is 0. The second-order valence-electron chi connectivity index (χ2n) is 4.60. The summed E-state index contributed by atoms with van der Waals surface area (Å²) in [6.45, 7) is 3.10. The molecule has 0 bridgehead atoms. The van der Waals surface area contributed by atoms with E-state index in [4.69, 9.17) is 9.47 Å². The summed E-state index contributed by atoms with van der Waals surface area (Å²) in [6.07, 6.45) is 12.2. The van der Waals surface area contributed by atoms with Crippen LogP contribution in [0.15, 0.2) is 12.2 Å². The van der Waals surface area contributed by atoms with E-state index in [9.17, 15) is 0 Å². The van der Waals surface area contributed by atoms with Crippen LogP contribution in [-0.2, 0) is 9.47 Å². The predicted octanol–water partition coefficient (Wildman–Crippen LogP) is 3.27. The van der Waals surface area contributed by atoms with Gasteiger partial charge < -0.3 is 9.47 Å². The van der Waals surface area contributed by atoms with Crippen molar-refractivity contribution in [2.24, 2.45) is 5.92 Å². The van der Waals surface area contributed by atoms with E-state index in [2.05, 4.69) is 19.1 Å². The van der Waals surface area contributed by atoms with Crippen LogP contribution < -0.4 is 0 Å². The first-order valence-corrected chi connectivity index (χ1v) is 6.34. The van der Waals surface area contributed by atoms with Gasteiger partial charge in [-0.25, -0.2) is 0 Å². The molecular weight excluding hydrogens is 188 g/mol. The quantitative estimate of drug-likeness (QED) is 0.495. The van der Waals surface area contributed by atoms with Gasteiger partial charge in [-0.2, -0.15) is 0 Å². The van der Waals surface area contributed by atoms with Crippen molar-refractivity contribution in [1.82, 2.24) is 0 Å². The van der Waals surface area contributed by atoms with Crippen LogP contribution >= 0.6 is 0 Å². The summed E-state index contributed by atoms with van der Waals surface area (Å²) >= 11 is 0. The highest BCUT2D eigenvalue weighted by molar-refractivity contribution is 5.05. The van der Waals surface area contributed by atoms with Crippen LogP contribution in [0.25, 0.3) is 0 Å². The molecule has 2 heteroatoms. The van der Waals surface area contributed by atoms with Gasteiger partial charge >= 0.3 is 0 Å². The molecule has 0 aromatic carbocycles. The fourth-order valence-electron chi connectivity index (χ4n) is 2.40. The molecule has 86 valence electrons. The number of unbranched alkanes of at least 4 members (excludes halogenated alkanes) is 3. The van der Waals surface area contributed by atoms with Crippen molar-refractivity contribution in [3.63, 3.8) is 0 Å². The van der Waals surface area contributed by atoms with Gasteiger partial charge in [-0.3, -0.25) is 0 Å². The van der Waals surface area contributed by atoms with Crippen molar-refractivity contribution in [1.29, 1.82) is 0 Å². The third-order valence-electron chi connectivity index (χ3n) is 3.32. The average molecular weight is 210 g/mol. The maximum absolute atomic E-state index is 5.81. The highest BCUT2D eigenvalue weighted by atomic mass is 16.7. The van der Waals surface area contributed by atoms with Gasteiger partial charge in [-0.05, 0) is 12.8 Å². The molecule has 3 atom stereocenters. The molecule has 0 spiro atoms. The lowest BCUT2D eigenvalue weighted by Gasteiger charge is -2.12. The topological polar surface area (TPSA) is 18.5 Å². The summed E-state index contributed by atoms with van der Waals surface area (Å²) in [5, 5.41) is 0. The van der Waals surface area contributed by atoms with Gasteiger partial charge in [0.15, 0.2) is 6.29 Å². The lowest BCUT2D eigenvalue weighted by Crippen LogP contribution is -2.14. The summed E-state index contributed by atoms with van der Waals surface area (Å²) in [6, 6.07) is 0. The molecule has 1 saturated heterocycles. The first-order chi connectivity index (χ1) is 7.40. The highest BCUT2D eigenvalue weighted by Crippen LogP contribution is 2.34. The van der Waals surface area contributed by atoms with Crippen molar-refractivity contribution in [2.75, 3.05) is 6.61 Å². The molecule has 0 aromatic rings. The SMILES string of the molecule is CCCCCCO[C@@H]1C[C@H]2C=CC[C@H]2O1. The minimum Gasteiger partial charge on any atom is -0.353 e. The predicted molar refractivity (Wildman–Crippen MR) is 60.6 cm³/mol. The molecule has 2 rings (SSSR count). The van der Waals surface area contributed by atoms with Gasteiger partial charge in [0.05, 0.1) is 6.10 Å². The monoisotopic (exact) mass is 210 g/mol. The Labute approximate surface area is 92.6 Å². The van der Waals surface area contributed by atoms with E-state index in [1.165, 1.54) is 25.7 Å².